The monoisotopic (exact) mass is 342 g/mol. The Balaban J connectivity index is 1.79. The molecule has 0 saturated carbocycles. The molecule has 0 unspecified atom stereocenters. The summed E-state index contributed by atoms with van der Waals surface area (Å²) in [6.45, 7) is 0.668. The summed E-state index contributed by atoms with van der Waals surface area (Å²) in [5, 5.41) is 14.2. The van der Waals surface area contributed by atoms with Crippen LogP contribution >= 0.6 is 11.3 Å². The summed E-state index contributed by atoms with van der Waals surface area (Å²) in [4.78, 5) is 19.3. The molecule has 2 heterocycles. The molecule has 24 heavy (non-hydrogen) atoms. The lowest BCUT2D eigenvalue weighted by Crippen LogP contribution is -2.32. The van der Waals surface area contributed by atoms with E-state index in [0.717, 1.165) is 16.1 Å². The van der Waals surface area contributed by atoms with Gasteiger partial charge in [-0.3, -0.25) is 9.48 Å². The minimum atomic E-state index is -0.124. The Kier molecular flexibility index (Phi) is 5.02. The summed E-state index contributed by atoms with van der Waals surface area (Å²) >= 11 is 1.33. The molecule has 0 aliphatic heterocycles. The molecule has 1 N–H and O–H groups in total. The number of carbonyl (C=O) groups is 1. The average molecular weight is 342 g/mol. The Morgan fingerprint density at radius 3 is 2.75 bits per heavy atom. The minimum absolute atomic E-state index is 0.0765. The quantitative estimate of drug-likeness (QED) is 0.745. The molecular formula is C17H18N4O2S. The maximum absolute atomic E-state index is 12.8. The summed E-state index contributed by atoms with van der Waals surface area (Å²) in [6, 6.07) is 9.73. The number of hydrogen-bond donors (Lipinski definition) is 1. The van der Waals surface area contributed by atoms with E-state index in [1.807, 2.05) is 43.6 Å². The molecule has 0 saturated heterocycles. The predicted octanol–water partition coefficient (Wildman–Crippen LogP) is 2.18. The van der Waals surface area contributed by atoms with Crippen molar-refractivity contribution in [3.05, 3.63) is 59.4 Å². The van der Waals surface area contributed by atoms with Crippen molar-refractivity contribution in [2.24, 2.45) is 7.05 Å². The lowest BCUT2D eigenvalue weighted by atomic mass is 10.2. The molecule has 0 aliphatic carbocycles. The van der Waals surface area contributed by atoms with E-state index in [2.05, 4.69) is 10.1 Å². The number of amides is 1. The lowest BCUT2D eigenvalue weighted by Gasteiger charge is -2.21. The van der Waals surface area contributed by atoms with Gasteiger partial charge in [0.1, 0.15) is 9.88 Å². The van der Waals surface area contributed by atoms with Crippen molar-refractivity contribution in [3.8, 4) is 10.6 Å². The topological polar surface area (TPSA) is 71.2 Å². The van der Waals surface area contributed by atoms with Gasteiger partial charge < -0.3 is 10.0 Å². The number of aliphatic hydroxyl groups excluding tert-OH is 1. The van der Waals surface area contributed by atoms with Crippen LogP contribution in [-0.2, 0) is 13.6 Å². The van der Waals surface area contributed by atoms with Crippen LogP contribution in [0, 0.1) is 0 Å². The van der Waals surface area contributed by atoms with Crippen molar-refractivity contribution in [1.82, 2.24) is 19.7 Å². The molecule has 3 rings (SSSR count). The Hall–Kier alpha value is -2.51. The fourth-order valence-electron chi connectivity index (χ4n) is 2.37. The first-order valence-electron chi connectivity index (χ1n) is 7.56. The van der Waals surface area contributed by atoms with Gasteiger partial charge in [-0.15, -0.1) is 11.3 Å². The normalized spacial score (nSPS) is 10.8. The van der Waals surface area contributed by atoms with E-state index in [1.165, 1.54) is 11.3 Å². The third kappa shape index (κ3) is 3.69. The molecule has 0 atom stereocenters. The number of carbonyl (C=O) groups excluding carboxylic acids is 1. The number of rotatable bonds is 6. The van der Waals surface area contributed by atoms with Crippen LogP contribution in [0.25, 0.3) is 10.6 Å². The summed E-state index contributed by atoms with van der Waals surface area (Å²) < 4.78 is 1.70. The number of benzene rings is 1. The van der Waals surface area contributed by atoms with Gasteiger partial charge in [0.05, 0.1) is 19.0 Å². The molecule has 1 amide bonds. The van der Waals surface area contributed by atoms with Gasteiger partial charge in [-0.1, -0.05) is 30.3 Å². The van der Waals surface area contributed by atoms with Crippen molar-refractivity contribution in [2.45, 2.75) is 6.54 Å². The minimum Gasteiger partial charge on any atom is -0.395 e. The third-order valence-corrected chi connectivity index (χ3v) is 4.58. The van der Waals surface area contributed by atoms with Gasteiger partial charge in [0, 0.05) is 31.9 Å². The Bertz CT molecular complexity index is 813. The molecule has 0 radical (unpaired) electrons. The Morgan fingerprint density at radius 1 is 1.29 bits per heavy atom. The molecule has 2 aromatic heterocycles. The fourth-order valence-corrected chi connectivity index (χ4v) is 3.23. The molecule has 1 aromatic carbocycles. The molecule has 0 fully saturated rings. The molecule has 0 aliphatic rings. The van der Waals surface area contributed by atoms with E-state index in [4.69, 9.17) is 0 Å². The van der Waals surface area contributed by atoms with Crippen molar-refractivity contribution in [3.63, 3.8) is 0 Å². The van der Waals surface area contributed by atoms with E-state index >= 15 is 0 Å². The van der Waals surface area contributed by atoms with Crippen molar-refractivity contribution in [2.75, 3.05) is 13.2 Å². The summed E-state index contributed by atoms with van der Waals surface area (Å²) in [7, 11) is 1.84. The lowest BCUT2D eigenvalue weighted by molar-refractivity contribution is 0.0712. The van der Waals surface area contributed by atoms with Crippen LogP contribution in [0.5, 0.6) is 0 Å². The van der Waals surface area contributed by atoms with E-state index < -0.39 is 0 Å². The molecular weight excluding hydrogens is 324 g/mol. The molecule has 6 nitrogen and oxygen atoms in total. The predicted molar refractivity (Wildman–Crippen MR) is 92.6 cm³/mol. The Labute approximate surface area is 144 Å². The SMILES string of the molecule is Cn1cc(-c2ncc(C(=O)N(CCO)Cc3ccccc3)s2)cn1. The van der Waals surface area contributed by atoms with E-state index in [9.17, 15) is 9.90 Å². The zero-order valence-electron chi connectivity index (χ0n) is 13.3. The zero-order chi connectivity index (χ0) is 16.9. The maximum Gasteiger partial charge on any atom is 0.265 e. The number of nitrogens with zero attached hydrogens (tertiary/aromatic N) is 4. The third-order valence-electron chi connectivity index (χ3n) is 3.54. The Morgan fingerprint density at radius 2 is 2.08 bits per heavy atom. The number of thiazole rings is 1. The first-order chi connectivity index (χ1) is 11.7. The molecule has 7 heteroatoms. The van der Waals surface area contributed by atoms with Gasteiger partial charge in [-0.05, 0) is 5.56 Å². The van der Waals surface area contributed by atoms with Crippen LogP contribution in [0.3, 0.4) is 0 Å². The van der Waals surface area contributed by atoms with Crippen LogP contribution in [0.4, 0.5) is 0 Å². The van der Waals surface area contributed by atoms with E-state index in [-0.39, 0.29) is 19.1 Å². The molecule has 0 bridgehead atoms. The van der Waals surface area contributed by atoms with Gasteiger partial charge >= 0.3 is 0 Å². The first-order valence-corrected chi connectivity index (χ1v) is 8.38. The van der Waals surface area contributed by atoms with Crippen molar-refractivity contribution >= 4 is 17.2 Å². The van der Waals surface area contributed by atoms with Crippen molar-refractivity contribution in [1.29, 1.82) is 0 Å². The highest BCUT2D eigenvalue weighted by atomic mass is 32.1. The van der Waals surface area contributed by atoms with Crippen LogP contribution in [0.1, 0.15) is 15.2 Å². The molecule has 0 spiro atoms. The summed E-state index contributed by atoms with van der Waals surface area (Å²) in [6.07, 6.45) is 5.18. The second-order valence-corrected chi connectivity index (χ2v) is 6.40. The number of hydrogen-bond acceptors (Lipinski definition) is 5. The van der Waals surface area contributed by atoms with Crippen molar-refractivity contribution < 1.29 is 9.90 Å². The summed E-state index contributed by atoms with van der Waals surface area (Å²) in [5.74, 6) is -0.124. The number of aryl methyl sites for hydroxylation is 1. The highest BCUT2D eigenvalue weighted by molar-refractivity contribution is 7.16. The second kappa shape index (κ2) is 7.37. The largest absolute Gasteiger partial charge is 0.395 e. The van der Waals surface area contributed by atoms with E-state index in [1.54, 1.807) is 22.0 Å². The average Bonchev–Trinajstić information content (AvgIpc) is 3.23. The smallest absolute Gasteiger partial charge is 0.265 e. The standard InChI is InChI=1S/C17H18N4O2S/c1-20-12-14(9-19-20)16-18-10-15(24-16)17(23)21(7-8-22)11-13-5-3-2-4-6-13/h2-6,9-10,12,22H,7-8,11H2,1H3. The number of aliphatic hydroxyl groups is 1. The molecule has 3 aromatic rings. The zero-order valence-corrected chi connectivity index (χ0v) is 14.1. The van der Waals surface area contributed by atoms with Gasteiger partial charge in [-0.2, -0.15) is 5.10 Å². The van der Waals surface area contributed by atoms with Gasteiger partial charge in [-0.25, -0.2) is 4.98 Å². The molecule has 124 valence electrons. The van der Waals surface area contributed by atoms with Gasteiger partial charge in [0.25, 0.3) is 5.91 Å². The second-order valence-electron chi connectivity index (χ2n) is 5.37. The van der Waals surface area contributed by atoms with Crippen LogP contribution < -0.4 is 0 Å². The fraction of sp³-hybridized carbons (Fsp3) is 0.235. The van der Waals surface area contributed by atoms with Gasteiger partial charge in [0.15, 0.2) is 0 Å². The number of aromatic nitrogens is 3. The highest BCUT2D eigenvalue weighted by Crippen LogP contribution is 2.25. The van der Waals surface area contributed by atoms with Gasteiger partial charge in [0.2, 0.25) is 0 Å². The van der Waals surface area contributed by atoms with E-state index in [0.29, 0.717) is 11.4 Å². The maximum atomic E-state index is 12.8. The highest BCUT2D eigenvalue weighted by Gasteiger charge is 2.19. The van der Waals surface area contributed by atoms with Crippen LogP contribution in [0.2, 0.25) is 0 Å². The van der Waals surface area contributed by atoms with Crippen LogP contribution in [0.15, 0.2) is 48.9 Å². The first kappa shape index (κ1) is 16.4. The summed E-state index contributed by atoms with van der Waals surface area (Å²) in [5.41, 5.74) is 1.91. The van der Waals surface area contributed by atoms with Crippen LogP contribution in [-0.4, -0.2) is 43.8 Å².